The lowest BCUT2D eigenvalue weighted by Gasteiger charge is -2.38. The lowest BCUT2D eigenvalue weighted by molar-refractivity contribution is -0.0540. The summed E-state index contributed by atoms with van der Waals surface area (Å²) in [7, 11) is -3.30. The van der Waals surface area contributed by atoms with Crippen LogP contribution in [0.5, 0.6) is 0 Å². The maximum atomic E-state index is 13.0. The molecule has 24 heavy (non-hydrogen) atoms. The van der Waals surface area contributed by atoms with Crippen molar-refractivity contribution in [2.24, 2.45) is 5.92 Å². The molecule has 0 aromatic heterocycles. The Kier molecular flexibility index (Phi) is 7.05. The summed E-state index contributed by atoms with van der Waals surface area (Å²) in [5.41, 5.74) is 1.19. The van der Waals surface area contributed by atoms with Gasteiger partial charge in [-0.15, -0.1) is 0 Å². The van der Waals surface area contributed by atoms with Crippen molar-refractivity contribution >= 4 is 7.60 Å². The summed E-state index contributed by atoms with van der Waals surface area (Å²) in [6, 6.07) is 10.2. The zero-order valence-corrected chi connectivity index (χ0v) is 15.9. The van der Waals surface area contributed by atoms with E-state index in [-0.39, 0.29) is 6.23 Å². The van der Waals surface area contributed by atoms with Crippen molar-refractivity contribution in [3.63, 3.8) is 0 Å². The average molecular weight is 353 g/mol. The van der Waals surface area contributed by atoms with Crippen LogP contribution in [0.15, 0.2) is 41.9 Å². The second-order valence-corrected chi connectivity index (χ2v) is 8.19. The number of hydrogen-bond donors (Lipinski definition) is 0. The molecule has 1 atom stereocenters. The van der Waals surface area contributed by atoms with Crippen molar-refractivity contribution in [1.29, 1.82) is 0 Å². The highest BCUT2D eigenvalue weighted by Crippen LogP contribution is 2.57. The van der Waals surface area contributed by atoms with Crippen molar-refractivity contribution in [2.75, 3.05) is 19.8 Å². The van der Waals surface area contributed by atoms with Crippen LogP contribution in [0.1, 0.15) is 33.3 Å². The van der Waals surface area contributed by atoms with E-state index in [1.165, 1.54) is 5.56 Å². The topological polar surface area (TPSA) is 48.0 Å². The fraction of sp³-hybridized carbons (Fsp3) is 0.556. The third-order valence-corrected chi connectivity index (χ3v) is 5.96. The number of nitrogens with zero attached hydrogens (tertiary/aromatic N) is 1. The van der Waals surface area contributed by atoms with E-state index in [1.54, 1.807) is 6.26 Å². The van der Waals surface area contributed by atoms with Crippen molar-refractivity contribution in [2.45, 2.75) is 40.5 Å². The van der Waals surface area contributed by atoms with Crippen LogP contribution in [-0.2, 0) is 24.9 Å². The molecule has 0 bridgehead atoms. The molecule has 134 valence electrons. The second-order valence-electron chi connectivity index (χ2n) is 6.10. The van der Waals surface area contributed by atoms with E-state index in [4.69, 9.17) is 13.8 Å². The average Bonchev–Trinajstić information content (AvgIpc) is 2.56. The first kappa shape index (κ1) is 19.2. The van der Waals surface area contributed by atoms with Crippen LogP contribution in [0.2, 0.25) is 0 Å². The van der Waals surface area contributed by atoms with Gasteiger partial charge in [-0.25, -0.2) is 0 Å². The summed E-state index contributed by atoms with van der Waals surface area (Å²) < 4.78 is 29.9. The van der Waals surface area contributed by atoms with Gasteiger partial charge in [0.25, 0.3) is 0 Å². The van der Waals surface area contributed by atoms with Gasteiger partial charge in [0.1, 0.15) is 0 Å². The molecule has 0 fully saturated rings. The number of ether oxygens (including phenoxy) is 1. The molecular formula is C18H28NO4P. The van der Waals surface area contributed by atoms with E-state index in [0.29, 0.717) is 31.0 Å². The Morgan fingerprint density at radius 2 is 1.83 bits per heavy atom. The third-order valence-electron chi connectivity index (χ3n) is 3.82. The van der Waals surface area contributed by atoms with Crippen LogP contribution in [0.4, 0.5) is 0 Å². The van der Waals surface area contributed by atoms with Gasteiger partial charge in [0, 0.05) is 19.0 Å². The van der Waals surface area contributed by atoms with Crippen LogP contribution in [-0.4, -0.2) is 30.9 Å². The van der Waals surface area contributed by atoms with Crippen molar-refractivity contribution in [3.8, 4) is 0 Å². The Morgan fingerprint density at radius 1 is 1.21 bits per heavy atom. The molecule has 1 aromatic carbocycles. The van der Waals surface area contributed by atoms with Gasteiger partial charge in [0.15, 0.2) is 6.23 Å². The minimum Gasteiger partial charge on any atom is -0.482 e. The molecule has 0 aliphatic carbocycles. The Balaban J connectivity index is 2.22. The standard InChI is InChI=1S/C18H28NO4P/c1-5-22-24(20,23-6-2)17-13-19(18(15(3)4)21-14-17)12-16-10-8-7-9-11-16/h7-11,14-15,18H,5-6,12-13H2,1-4H3. The van der Waals surface area contributed by atoms with Gasteiger partial charge >= 0.3 is 7.60 Å². The zero-order valence-electron chi connectivity index (χ0n) is 15.0. The minimum absolute atomic E-state index is 0.0642. The largest absolute Gasteiger partial charge is 0.482 e. The number of rotatable bonds is 8. The van der Waals surface area contributed by atoms with Gasteiger partial charge < -0.3 is 13.8 Å². The highest BCUT2D eigenvalue weighted by atomic mass is 31.2. The molecule has 0 radical (unpaired) electrons. The van der Waals surface area contributed by atoms with E-state index in [2.05, 4.69) is 30.9 Å². The fourth-order valence-corrected chi connectivity index (χ4v) is 4.44. The summed E-state index contributed by atoms with van der Waals surface area (Å²) in [4.78, 5) is 2.18. The first-order valence-electron chi connectivity index (χ1n) is 8.52. The lowest BCUT2D eigenvalue weighted by atomic mass is 10.1. The molecule has 1 unspecified atom stereocenters. The lowest BCUT2D eigenvalue weighted by Crippen LogP contribution is -2.43. The monoisotopic (exact) mass is 353 g/mol. The van der Waals surface area contributed by atoms with Crippen molar-refractivity contribution in [1.82, 2.24) is 4.90 Å². The van der Waals surface area contributed by atoms with Crippen molar-refractivity contribution in [3.05, 3.63) is 47.5 Å². The van der Waals surface area contributed by atoms with E-state index in [9.17, 15) is 4.57 Å². The zero-order chi connectivity index (χ0) is 17.6. The molecule has 0 amide bonds. The summed E-state index contributed by atoms with van der Waals surface area (Å²) in [5.74, 6) is 0.310. The Hall–Kier alpha value is -1.13. The first-order valence-corrected chi connectivity index (χ1v) is 10.1. The molecule has 0 spiro atoms. The Bertz CT molecular complexity index is 578. The third kappa shape index (κ3) is 4.70. The van der Waals surface area contributed by atoms with E-state index in [0.717, 1.165) is 6.54 Å². The molecule has 1 aromatic rings. The van der Waals surface area contributed by atoms with Gasteiger partial charge in [-0.05, 0) is 19.4 Å². The molecule has 0 saturated heterocycles. The SMILES string of the molecule is CCOP(=O)(OCC)C1=COC(C(C)C)N(Cc2ccccc2)C1. The molecule has 2 rings (SSSR count). The van der Waals surface area contributed by atoms with Gasteiger partial charge in [-0.2, -0.15) is 0 Å². The molecule has 0 saturated carbocycles. The first-order chi connectivity index (χ1) is 11.5. The van der Waals surface area contributed by atoms with E-state index < -0.39 is 7.60 Å². The summed E-state index contributed by atoms with van der Waals surface area (Å²) in [6.07, 6.45) is 1.52. The second kappa shape index (κ2) is 8.82. The fourth-order valence-electron chi connectivity index (χ4n) is 2.81. The maximum absolute atomic E-state index is 13.0. The van der Waals surface area contributed by atoms with E-state index >= 15 is 0 Å². The maximum Gasteiger partial charge on any atom is 0.361 e. The molecule has 5 nitrogen and oxygen atoms in total. The van der Waals surface area contributed by atoms with Crippen LogP contribution in [0, 0.1) is 5.92 Å². The highest BCUT2D eigenvalue weighted by Gasteiger charge is 2.37. The predicted molar refractivity (Wildman–Crippen MR) is 95.5 cm³/mol. The van der Waals surface area contributed by atoms with Crippen molar-refractivity contribution < 1.29 is 18.3 Å². The van der Waals surface area contributed by atoms with Gasteiger partial charge in [0.05, 0.1) is 24.8 Å². The highest BCUT2D eigenvalue weighted by molar-refractivity contribution is 7.58. The van der Waals surface area contributed by atoms with E-state index in [1.807, 2.05) is 32.0 Å². The molecule has 1 aliphatic heterocycles. The summed E-state index contributed by atoms with van der Waals surface area (Å²) >= 11 is 0. The Labute approximate surface area is 145 Å². The van der Waals surface area contributed by atoms with Gasteiger partial charge in [-0.3, -0.25) is 9.46 Å². The van der Waals surface area contributed by atoms with Crippen LogP contribution in [0.25, 0.3) is 0 Å². The minimum atomic E-state index is -3.30. The summed E-state index contributed by atoms with van der Waals surface area (Å²) in [5, 5.41) is 0.582. The predicted octanol–water partition coefficient (Wildman–Crippen LogP) is 4.61. The van der Waals surface area contributed by atoms with Crippen LogP contribution in [0.3, 0.4) is 0 Å². The quantitative estimate of drug-likeness (QED) is 0.639. The number of benzene rings is 1. The molecule has 1 heterocycles. The molecule has 1 aliphatic rings. The molecule has 0 N–H and O–H groups in total. The van der Waals surface area contributed by atoms with Crippen LogP contribution < -0.4 is 0 Å². The smallest absolute Gasteiger partial charge is 0.361 e. The normalized spacial score (nSPS) is 19.2. The Morgan fingerprint density at radius 3 is 2.38 bits per heavy atom. The molecular weight excluding hydrogens is 325 g/mol. The summed E-state index contributed by atoms with van der Waals surface area (Å²) in [6.45, 7) is 9.76. The molecule has 6 heteroatoms. The van der Waals surface area contributed by atoms with Gasteiger partial charge in [0.2, 0.25) is 0 Å². The van der Waals surface area contributed by atoms with Crippen LogP contribution >= 0.6 is 7.60 Å². The number of hydrogen-bond acceptors (Lipinski definition) is 5. The van der Waals surface area contributed by atoms with Gasteiger partial charge in [-0.1, -0.05) is 44.2 Å².